The molecule has 0 spiro atoms. The quantitative estimate of drug-likeness (QED) is 0.820. The Hall–Kier alpha value is -1.62. The van der Waals surface area contributed by atoms with Crippen LogP contribution >= 0.6 is 0 Å². The van der Waals surface area contributed by atoms with Crippen molar-refractivity contribution in [2.75, 3.05) is 25.7 Å². The molecule has 5 heteroatoms. The van der Waals surface area contributed by atoms with E-state index < -0.39 is 11.5 Å². The van der Waals surface area contributed by atoms with E-state index in [0.717, 1.165) is 0 Å². The number of ether oxygens (including phenoxy) is 1. The standard InChI is InChI=1S/C13H20N2O3/c1-9-10(12(17)18-5)6-7-11(14-9)15(4)13(2,3)8-16/h6-7,16H,8H2,1-5H3. The number of hydrogen-bond acceptors (Lipinski definition) is 5. The molecule has 5 nitrogen and oxygen atoms in total. The molecule has 1 rings (SSSR count). The summed E-state index contributed by atoms with van der Waals surface area (Å²) < 4.78 is 4.67. The van der Waals surface area contributed by atoms with Crippen molar-refractivity contribution in [2.45, 2.75) is 26.3 Å². The summed E-state index contributed by atoms with van der Waals surface area (Å²) in [5.74, 6) is 0.315. The second-order valence-corrected chi connectivity index (χ2v) is 4.82. The van der Waals surface area contributed by atoms with Gasteiger partial charge in [-0.2, -0.15) is 0 Å². The maximum absolute atomic E-state index is 11.5. The first-order valence-corrected chi connectivity index (χ1v) is 5.74. The van der Waals surface area contributed by atoms with Gasteiger partial charge < -0.3 is 14.7 Å². The summed E-state index contributed by atoms with van der Waals surface area (Å²) in [5, 5.41) is 9.33. The molecule has 100 valence electrons. The zero-order valence-corrected chi connectivity index (χ0v) is 11.5. The zero-order chi connectivity index (χ0) is 13.9. The Kier molecular flexibility index (Phi) is 4.29. The van der Waals surface area contributed by atoms with Crippen molar-refractivity contribution >= 4 is 11.8 Å². The number of carbonyl (C=O) groups excluding carboxylic acids is 1. The fourth-order valence-corrected chi connectivity index (χ4v) is 1.48. The van der Waals surface area contributed by atoms with E-state index in [2.05, 4.69) is 9.72 Å². The highest BCUT2D eigenvalue weighted by atomic mass is 16.5. The Morgan fingerprint density at radius 3 is 2.56 bits per heavy atom. The van der Waals surface area contributed by atoms with Crippen LogP contribution in [0.3, 0.4) is 0 Å². The van der Waals surface area contributed by atoms with E-state index in [1.54, 1.807) is 19.1 Å². The van der Waals surface area contributed by atoms with Gasteiger partial charge in [0.2, 0.25) is 0 Å². The molecule has 0 radical (unpaired) electrons. The van der Waals surface area contributed by atoms with E-state index in [0.29, 0.717) is 17.1 Å². The summed E-state index contributed by atoms with van der Waals surface area (Å²) in [5.41, 5.74) is 0.656. The average Bonchev–Trinajstić information content (AvgIpc) is 2.36. The Balaban J connectivity index is 3.08. The van der Waals surface area contributed by atoms with Crippen LogP contribution in [-0.4, -0.2) is 42.4 Å². The second-order valence-electron chi connectivity index (χ2n) is 4.82. The molecule has 0 fully saturated rings. The van der Waals surface area contributed by atoms with E-state index in [-0.39, 0.29) is 6.61 Å². The molecule has 0 unspecified atom stereocenters. The number of anilines is 1. The fourth-order valence-electron chi connectivity index (χ4n) is 1.48. The fraction of sp³-hybridized carbons (Fsp3) is 0.538. The number of pyridine rings is 1. The van der Waals surface area contributed by atoms with Crippen molar-refractivity contribution in [3.05, 3.63) is 23.4 Å². The predicted octanol–water partition coefficient (Wildman–Crippen LogP) is 1.38. The maximum atomic E-state index is 11.5. The third kappa shape index (κ3) is 2.79. The number of aliphatic hydroxyl groups excluding tert-OH is 1. The number of aliphatic hydroxyl groups is 1. The molecule has 0 bridgehead atoms. The van der Waals surface area contributed by atoms with Crippen molar-refractivity contribution in [1.82, 2.24) is 4.98 Å². The van der Waals surface area contributed by atoms with E-state index >= 15 is 0 Å². The van der Waals surface area contributed by atoms with Gasteiger partial charge in [-0.05, 0) is 32.9 Å². The zero-order valence-electron chi connectivity index (χ0n) is 11.5. The summed E-state index contributed by atoms with van der Waals surface area (Å²) in [6.07, 6.45) is 0. The number of methoxy groups -OCH3 is 1. The van der Waals surface area contributed by atoms with Gasteiger partial charge in [0.05, 0.1) is 30.5 Å². The van der Waals surface area contributed by atoms with Crippen LogP contribution in [-0.2, 0) is 4.74 Å². The molecule has 18 heavy (non-hydrogen) atoms. The number of carbonyl (C=O) groups is 1. The van der Waals surface area contributed by atoms with Gasteiger partial charge in [0.15, 0.2) is 0 Å². The van der Waals surface area contributed by atoms with Gasteiger partial charge in [-0.1, -0.05) is 0 Å². The van der Waals surface area contributed by atoms with Crippen LogP contribution in [0.2, 0.25) is 0 Å². The van der Waals surface area contributed by atoms with Crippen molar-refractivity contribution in [3.63, 3.8) is 0 Å². The molecule has 0 aromatic carbocycles. The molecule has 0 saturated carbocycles. The van der Waals surface area contributed by atoms with Crippen LogP contribution in [0.15, 0.2) is 12.1 Å². The molecule has 0 aliphatic carbocycles. The van der Waals surface area contributed by atoms with Gasteiger partial charge in [0.1, 0.15) is 5.82 Å². The minimum absolute atomic E-state index is 0.0168. The lowest BCUT2D eigenvalue weighted by Crippen LogP contribution is -2.44. The van der Waals surface area contributed by atoms with Gasteiger partial charge in [-0.25, -0.2) is 9.78 Å². The number of aromatic nitrogens is 1. The topological polar surface area (TPSA) is 62.7 Å². The smallest absolute Gasteiger partial charge is 0.339 e. The van der Waals surface area contributed by atoms with Crippen LogP contribution in [0.25, 0.3) is 0 Å². The molecule has 0 amide bonds. The van der Waals surface area contributed by atoms with E-state index in [1.165, 1.54) is 7.11 Å². The predicted molar refractivity (Wildman–Crippen MR) is 69.9 cm³/mol. The first-order chi connectivity index (χ1) is 8.33. The van der Waals surface area contributed by atoms with Crippen molar-refractivity contribution in [1.29, 1.82) is 0 Å². The van der Waals surface area contributed by atoms with Crippen LogP contribution in [0.4, 0.5) is 5.82 Å². The van der Waals surface area contributed by atoms with Crippen molar-refractivity contribution < 1.29 is 14.6 Å². The van der Waals surface area contributed by atoms with Gasteiger partial charge in [0, 0.05) is 7.05 Å². The number of aryl methyl sites for hydroxylation is 1. The summed E-state index contributed by atoms with van der Waals surface area (Å²) in [6.45, 7) is 5.61. The number of hydrogen-bond donors (Lipinski definition) is 1. The molecular formula is C13H20N2O3. The van der Waals surface area contributed by atoms with Gasteiger partial charge >= 0.3 is 5.97 Å². The van der Waals surface area contributed by atoms with Crippen molar-refractivity contribution in [2.24, 2.45) is 0 Å². The Labute approximate surface area is 107 Å². The molecule has 1 aromatic heterocycles. The van der Waals surface area contributed by atoms with E-state index in [9.17, 15) is 9.90 Å². The largest absolute Gasteiger partial charge is 0.465 e. The summed E-state index contributed by atoms with van der Waals surface area (Å²) in [6, 6.07) is 3.43. The molecule has 1 N–H and O–H groups in total. The second kappa shape index (κ2) is 5.35. The number of esters is 1. The third-order valence-electron chi connectivity index (χ3n) is 3.12. The Morgan fingerprint density at radius 1 is 1.50 bits per heavy atom. The molecular weight excluding hydrogens is 232 g/mol. The minimum atomic E-state index is -0.410. The van der Waals surface area contributed by atoms with Crippen LogP contribution in [0, 0.1) is 6.92 Å². The minimum Gasteiger partial charge on any atom is -0.465 e. The first kappa shape index (κ1) is 14.4. The number of nitrogens with zero attached hydrogens (tertiary/aromatic N) is 2. The Morgan fingerprint density at radius 2 is 2.11 bits per heavy atom. The highest BCUT2D eigenvalue weighted by Crippen LogP contribution is 2.21. The lowest BCUT2D eigenvalue weighted by molar-refractivity contribution is 0.0599. The van der Waals surface area contributed by atoms with E-state index in [4.69, 9.17) is 0 Å². The third-order valence-corrected chi connectivity index (χ3v) is 3.12. The molecule has 1 aromatic rings. The molecule has 1 heterocycles. The lowest BCUT2D eigenvalue weighted by atomic mass is 10.1. The molecule has 0 atom stereocenters. The molecule has 0 aliphatic heterocycles. The number of rotatable bonds is 4. The average molecular weight is 252 g/mol. The SMILES string of the molecule is COC(=O)c1ccc(N(C)C(C)(C)CO)nc1C. The Bertz CT molecular complexity index is 444. The van der Waals surface area contributed by atoms with Crippen LogP contribution < -0.4 is 4.90 Å². The lowest BCUT2D eigenvalue weighted by Gasteiger charge is -2.35. The number of likely N-dealkylation sites (N-methyl/N-ethyl adjacent to an activating group) is 1. The van der Waals surface area contributed by atoms with Gasteiger partial charge in [0.25, 0.3) is 0 Å². The van der Waals surface area contributed by atoms with Gasteiger partial charge in [-0.3, -0.25) is 0 Å². The van der Waals surface area contributed by atoms with Gasteiger partial charge in [-0.15, -0.1) is 0 Å². The normalized spacial score (nSPS) is 11.2. The monoisotopic (exact) mass is 252 g/mol. The summed E-state index contributed by atoms with van der Waals surface area (Å²) in [7, 11) is 3.20. The molecule has 0 saturated heterocycles. The van der Waals surface area contributed by atoms with Crippen LogP contribution in [0.5, 0.6) is 0 Å². The summed E-state index contributed by atoms with van der Waals surface area (Å²) in [4.78, 5) is 17.7. The first-order valence-electron chi connectivity index (χ1n) is 5.74. The summed E-state index contributed by atoms with van der Waals surface area (Å²) >= 11 is 0. The highest BCUT2D eigenvalue weighted by molar-refractivity contribution is 5.90. The van der Waals surface area contributed by atoms with Crippen LogP contribution in [0.1, 0.15) is 29.9 Å². The molecule has 0 aliphatic rings. The van der Waals surface area contributed by atoms with E-state index in [1.807, 2.05) is 25.8 Å². The highest BCUT2D eigenvalue weighted by Gasteiger charge is 2.24. The maximum Gasteiger partial charge on any atom is 0.339 e. The van der Waals surface area contributed by atoms with Crippen molar-refractivity contribution in [3.8, 4) is 0 Å².